The normalized spacial score (nSPS) is 8.90. The third-order valence-corrected chi connectivity index (χ3v) is 2.07. The molecule has 0 heterocycles. The van der Waals surface area contributed by atoms with E-state index in [1.807, 2.05) is 101 Å². The van der Waals surface area contributed by atoms with E-state index in [0.29, 0.717) is 0 Å². The SMILES string of the molecule is CC.CN(C)C.O=C(c1ccccc1)c1ccccc1. The lowest BCUT2D eigenvalue weighted by atomic mass is 10.0. The van der Waals surface area contributed by atoms with Gasteiger partial charge in [0.25, 0.3) is 0 Å². The van der Waals surface area contributed by atoms with Gasteiger partial charge in [0.05, 0.1) is 0 Å². The topological polar surface area (TPSA) is 20.3 Å². The second kappa shape index (κ2) is 10.9. The molecule has 0 aromatic heterocycles. The molecule has 2 nitrogen and oxygen atoms in total. The number of benzene rings is 2. The molecule has 0 spiro atoms. The van der Waals surface area contributed by atoms with Crippen LogP contribution in [0.25, 0.3) is 0 Å². The van der Waals surface area contributed by atoms with Gasteiger partial charge in [-0.2, -0.15) is 0 Å². The third-order valence-electron chi connectivity index (χ3n) is 2.07. The summed E-state index contributed by atoms with van der Waals surface area (Å²) in [5, 5.41) is 0. The van der Waals surface area contributed by atoms with Crippen LogP contribution >= 0.6 is 0 Å². The molecule has 2 aromatic rings. The van der Waals surface area contributed by atoms with Crippen molar-refractivity contribution < 1.29 is 4.79 Å². The zero-order chi connectivity index (χ0) is 15.4. The fourth-order valence-electron chi connectivity index (χ4n) is 1.35. The third kappa shape index (κ3) is 7.49. The molecule has 20 heavy (non-hydrogen) atoms. The molecule has 0 aliphatic carbocycles. The van der Waals surface area contributed by atoms with Crippen LogP contribution < -0.4 is 0 Å². The fraction of sp³-hybridized carbons (Fsp3) is 0.278. The number of carbonyl (C=O) groups excluding carboxylic acids is 1. The molecule has 108 valence electrons. The van der Waals surface area contributed by atoms with Crippen LogP contribution in [0.2, 0.25) is 0 Å². The van der Waals surface area contributed by atoms with Gasteiger partial charge in [-0.1, -0.05) is 74.5 Å². The van der Waals surface area contributed by atoms with Crippen molar-refractivity contribution in [3.05, 3.63) is 71.8 Å². The number of hydrogen-bond donors (Lipinski definition) is 0. The van der Waals surface area contributed by atoms with Gasteiger partial charge in [-0.3, -0.25) is 4.79 Å². The Bertz CT molecular complexity index is 419. The van der Waals surface area contributed by atoms with Crippen LogP contribution in [0.3, 0.4) is 0 Å². The summed E-state index contributed by atoms with van der Waals surface area (Å²) in [5.74, 6) is 0.0752. The number of carbonyl (C=O) groups is 1. The summed E-state index contributed by atoms with van der Waals surface area (Å²) in [7, 11) is 6.00. The molecule has 2 aromatic carbocycles. The van der Waals surface area contributed by atoms with E-state index >= 15 is 0 Å². The van der Waals surface area contributed by atoms with Crippen molar-refractivity contribution in [3.8, 4) is 0 Å². The monoisotopic (exact) mass is 271 g/mol. The van der Waals surface area contributed by atoms with Crippen molar-refractivity contribution in [2.75, 3.05) is 21.1 Å². The Hall–Kier alpha value is -1.93. The molecule has 0 radical (unpaired) electrons. The van der Waals surface area contributed by atoms with E-state index in [1.54, 1.807) is 0 Å². The Morgan fingerprint density at radius 2 is 0.950 bits per heavy atom. The highest BCUT2D eigenvalue weighted by Gasteiger charge is 2.06. The lowest BCUT2D eigenvalue weighted by Gasteiger charge is -1.99. The molecule has 0 N–H and O–H groups in total. The van der Waals surface area contributed by atoms with Gasteiger partial charge >= 0.3 is 0 Å². The minimum absolute atomic E-state index is 0.0752. The number of ketones is 1. The van der Waals surface area contributed by atoms with Crippen LogP contribution in [0.1, 0.15) is 29.8 Å². The van der Waals surface area contributed by atoms with Crippen molar-refractivity contribution in [2.45, 2.75) is 13.8 Å². The summed E-state index contributed by atoms with van der Waals surface area (Å²) < 4.78 is 0. The molecule has 0 amide bonds. The molecule has 0 atom stereocenters. The first-order valence-electron chi connectivity index (χ1n) is 6.87. The molecule has 2 rings (SSSR count). The summed E-state index contributed by atoms with van der Waals surface area (Å²) in [6.45, 7) is 4.00. The molecule has 0 bridgehead atoms. The van der Waals surface area contributed by atoms with Crippen molar-refractivity contribution in [3.63, 3.8) is 0 Å². The zero-order valence-corrected chi connectivity index (χ0v) is 13.1. The maximum absolute atomic E-state index is 11.8. The Morgan fingerprint density at radius 1 is 0.700 bits per heavy atom. The lowest BCUT2D eigenvalue weighted by Crippen LogP contribution is -1.99. The Labute approximate surface area is 123 Å². The predicted molar refractivity (Wildman–Crippen MR) is 87.3 cm³/mol. The highest BCUT2D eigenvalue weighted by molar-refractivity contribution is 6.08. The molecule has 0 saturated carbocycles. The van der Waals surface area contributed by atoms with Gasteiger partial charge in [-0.05, 0) is 21.1 Å². The van der Waals surface area contributed by atoms with E-state index in [4.69, 9.17) is 0 Å². The van der Waals surface area contributed by atoms with Crippen molar-refractivity contribution in [1.29, 1.82) is 0 Å². The van der Waals surface area contributed by atoms with E-state index in [0.717, 1.165) is 11.1 Å². The smallest absolute Gasteiger partial charge is 0.193 e. The highest BCUT2D eigenvalue weighted by Crippen LogP contribution is 2.08. The van der Waals surface area contributed by atoms with Crippen molar-refractivity contribution in [1.82, 2.24) is 4.90 Å². The molecule has 0 aliphatic rings. The molecule has 2 heteroatoms. The van der Waals surface area contributed by atoms with Gasteiger partial charge in [0, 0.05) is 11.1 Å². The largest absolute Gasteiger partial charge is 0.312 e. The zero-order valence-electron chi connectivity index (χ0n) is 13.1. The Morgan fingerprint density at radius 3 is 1.20 bits per heavy atom. The first-order valence-corrected chi connectivity index (χ1v) is 6.87. The van der Waals surface area contributed by atoms with Gasteiger partial charge in [0.1, 0.15) is 0 Å². The van der Waals surface area contributed by atoms with Crippen molar-refractivity contribution in [2.24, 2.45) is 0 Å². The summed E-state index contributed by atoms with van der Waals surface area (Å²) in [5.41, 5.74) is 1.47. The molecular formula is C18H25NO. The van der Waals surface area contributed by atoms with E-state index < -0.39 is 0 Å². The van der Waals surface area contributed by atoms with Crippen LogP contribution in [-0.4, -0.2) is 31.8 Å². The standard InChI is InChI=1S/C13H10O.C3H9N.C2H6/c14-13(11-7-3-1-4-8-11)12-9-5-2-6-10-12;1-4(2)3;1-2/h1-10H;1-3H3;1-2H3. The maximum atomic E-state index is 11.8. The quantitative estimate of drug-likeness (QED) is 0.766. The fourth-order valence-corrected chi connectivity index (χ4v) is 1.35. The second-order valence-electron chi connectivity index (χ2n) is 4.40. The van der Waals surface area contributed by atoms with Crippen LogP contribution in [0.4, 0.5) is 0 Å². The second-order valence-corrected chi connectivity index (χ2v) is 4.40. The van der Waals surface area contributed by atoms with Gasteiger partial charge in [0.15, 0.2) is 5.78 Å². The van der Waals surface area contributed by atoms with Crippen LogP contribution in [0.15, 0.2) is 60.7 Å². The van der Waals surface area contributed by atoms with Gasteiger partial charge in [-0.25, -0.2) is 0 Å². The van der Waals surface area contributed by atoms with E-state index in [9.17, 15) is 4.79 Å². The lowest BCUT2D eigenvalue weighted by molar-refractivity contribution is 0.103. The summed E-state index contributed by atoms with van der Waals surface area (Å²) >= 11 is 0. The van der Waals surface area contributed by atoms with Crippen molar-refractivity contribution >= 4 is 5.78 Å². The molecule has 0 aliphatic heterocycles. The summed E-state index contributed by atoms with van der Waals surface area (Å²) in [6.07, 6.45) is 0. The van der Waals surface area contributed by atoms with Gasteiger partial charge < -0.3 is 4.90 Å². The molecule has 0 unspecified atom stereocenters. The Kier molecular flexibility index (Phi) is 9.89. The summed E-state index contributed by atoms with van der Waals surface area (Å²) in [6, 6.07) is 18.6. The molecular weight excluding hydrogens is 246 g/mol. The summed E-state index contributed by atoms with van der Waals surface area (Å²) in [4.78, 5) is 13.8. The van der Waals surface area contributed by atoms with E-state index in [-0.39, 0.29) is 5.78 Å². The minimum Gasteiger partial charge on any atom is -0.312 e. The van der Waals surface area contributed by atoms with Gasteiger partial charge in [-0.15, -0.1) is 0 Å². The number of hydrogen-bond acceptors (Lipinski definition) is 2. The average Bonchev–Trinajstić information content (AvgIpc) is 2.50. The maximum Gasteiger partial charge on any atom is 0.193 e. The first kappa shape index (κ1) is 18.1. The first-order chi connectivity index (χ1) is 9.61. The highest BCUT2D eigenvalue weighted by atomic mass is 16.1. The number of nitrogens with zero attached hydrogens (tertiary/aromatic N) is 1. The molecule has 0 saturated heterocycles. The Balaban J connectivity index is 0.000000521. The van der Waals surface area contributed by atoms with Crippen LogP contribution in [0, 0.1) is 0 Å². The van der Waals surface area contributed by atoms with Crippen LogP contribution in [-0.2, 0) is 0 Å². The molecule has 0 fully saturated rings. The minimum atomic E-state index is 0.0752. The number of rotatable bonds is 2. The average molecular weight is 271 g/mol. The van der Waals surface area contributed by atoms with Gasteiger partial charge in [0.2, 0.25) is 0 Å². The van der Waals surface area contributed by atoms with E-state index in [2.05, 4.69) is 0 Å². The van der Waals surface area contributed by atoms with E-state index in [1.165, 1.54) is 0 Å². The van der Waals surface area contributed by atoms with Crippen LogP contribution in [0.5, 0.6) is 0 Å². The predicted octanol–water partition coefficient (Wildman–Crippen LogP) is 4.12.